The zero-order chi connectivity index (χ0) is 16.3. The first-order valence-electron chi connectivity index (χ1n) is 6.66. The number of hydrogen-bond acceptors (Lipinski definition) is 6. The number of aliphatic hydroxyl groups excluding tert-OH is 1. The minimum Gasteiger partial charge on any atom is -0.495 e. The summed E-state index contributed by atoms with van der Waals surface area (Å²) in [5.74, 6) is -0.707. The Labute approximate surface area is 129 Å². The summed E-state index contributed by atoms with van der Waals surface area (Å²) in [6.07, 6.45) is 1.91. The summed E-state index contributed by atoms with van der Waals surface area (Å²) in [5.41, 5.74) is 1.15. The van der Waals surface area contributed by atoms with Crippen molar-refractivity contribution in [1.82, 2.24) is 0 Å². The zero-order valence-corrected chi connectivity index (χ0v) is 13.0. The van der Waals surface area contributed by atoms with Gasteiger partial charge in [-0.05, 0) is 29.3 Å². The molecule has 22 heavy (non-hydrogen) atoms. The van der Waals surface area contributed by atoms with Gasteiger partial charge in [-0.1, -0.05) is 12.1 Å². The highest BCUT2D eigenvalue weighted by Crippen LogP contribution is 2.38. The maximum atomic E-state index is 10.5. The van der Waals surface area contributed by atoms with Gasteiger partial charge in [0, 0.05) is 7.11 Å². The number of methoxy groups -OCH3 is 4. The highest BCUT2D eigenvalue weighted by molar-refractivity contribution is 5.75. The van der Waals surface area contributed by atoms with E-state index in [0.717, 1.165) is 0 Å². The standard InChI is InChI=1S/C16H20O6/c1-19-12-7-5-10(9-13(12)20-2)11-6-8-14(21-3)16(18,22-4)15(11)17/h5-9,15,17-18H,1-4H3. The number of hydrogen-bond donors (Lipinski definition) is 2. The molecule has 0 heterocycles. The predicted molar refractivity (Wildman–Crippen MR) is 80.6 cm³/mol. The van der Waals surface area contributed by atoms with Gasteiger partial charge in [0.2, 0.25) is 0 Å². The smallest absolute Gasteiger partial charge is 0.256 e. The van der Waals surface area contributed by atoms with Crippen LogP contribution in [0.25, 0.3) is 5.57 Å². The second-order valence-corrected chi connectivity index (χ2v) is 4.73. The Bertz CT molecular complexity index is 607. The van der Waals surface area contributed by atoms with E-state index in [9.17, 15) is 10.2 Å². The second kappa shape index (κ2) is 6.39. The van der Waals surface area contributed by atoms with Crippen molar-refractivity contribution in [3.8, 4) is 11.5 Å². The van der Waals surface area contributed by atoms with Crippen molar-refractivity contribution in [3.05, 3.63) is 41.7 Å². The molecule has 1 aliphatic carbocycles. The molecule has 2 rings (SSSR count). The minimum absolute atomic E-state index is 0.131. The van der Waals surface area contributed by atoms with Gasteiger partial charge < -0.3 is 29.2 Å². The summed E-state index contributed by atoms with van der Waals surface area (Å²) in [6.45, 7) is 0. The fourth-order valence-corrected chi connectivity index (χ4v) is 2.42. The molecule has 0 fully saturated rings. The van der Waals surface area contributed by atoms with Crippen LogP contribution in [0.3, 0.4) is 0 Å². The van der Waals surface area contributed by atoms with Crippen LogP contribution in [0.1, 0.15) is 5.56 Å². The van der Waals surface area contributed by atoms with Crippen LogP contribution < -0.4 is 9.47 Å². The van der Waals surface area contributed by atoms with Crippen molar-refractivity contribution < 1.29 is 29.2 Å². The molecule has 1 aromatic rings. The van der Waals surface area contributed by atoms with Crippen molar-refractivity contribution in [2.24, 2.45) is 0 Å². The van der Waals surface area contributed by atoms with Gasteiger partial charge in [-0.2, -0.15) is 0 Å². The Hall–Kier alpha value is -2.02. The first kappa shape index (κ1) is 16.4. The molecule has 2 N–H and O–H groups in total. The van der Waals surface area contributed by atoms with Crippen molar-refractivity contribution >= 4 is 5.57 Å². The molecule has 0 amide bonds. The summed E-state index contributed by atoms with van der Waals surface area (Å²) in [5, 5.41) is 21.0. The largest absolute Gasteiger partial charge is 0.495 e. The topological polar surface area (TPSA) is 77.4 Å². The fraction of sp³-hybridized carbons (Fsp3) is 0.375. The Morgan fingerprint density at radius 1 is 0.955 bits per heavy atom. The second-order valence-electron chi connectivity index (χ2n) is 4.73. The van der Waals surface area contributed by atoms with Crippen molar-refractivity contribution in [2.75, 3.05) is 28.4 Å². The number of rotatable bonds is 5. The van der Waals surface area contributed by atoms with E-state index in [0.29, 0.717) is 22.6 Å². The van der Waals surface area contributed by atoms with Gasteiger partial charge in [-0.3, -0.25) is 0 Å². The summed E-state index contributed by atoms with van der Waals surface area (Å²) in [7, 11) is 5.77. The highest BCUT2D eigenvalue weighted by atomic mass is 16.7. The molecule has 0 bridgehead atoms. The van der Waals surface area contributed by atoms with Gasteiger partial charge in [0.15, 0.2) is 17.3 Å². The van der Waals surface area contributed by atoms with E-state index in [1.165, 1.54) is 21.3 Å². The van der Waals surface area contributed by atoms with E-state index in [1.54, 1.807) is 37.5 Å². The average Bonchev–Trinajstić information content (AvgIpc) is 2.56. The molecule has 2 atom stereocenters. The van der Waals surface area contributed by atoms with E-state index >= 15 is 0 Å². The quantitative estimate of drug-likeness (QED) is 0.799. The molecule has 6 nitrogen and oxygen atoms in total. The Balaban J connectivity index is 2.49. The van der Waals surface area contributed by atoms with Gasteiger partial charge in [0.05, 0.1) is 21.3 Å². The lowest BCUT2D eigenvalue weighted by molar-refractivity contribution is -0.221. The van der Waals surface area contributed by atoms with Crippen LogP contribution >= 0.6 is 0 Å². The molecule has 6 heteroatoms. The Morgan fingerprint density at radius 3 is 2.18 bits per heavy atom. The normalized spacial score (nSPS) is 24.4. The first-order chi connectivity index (χ1) is 10.5. The van der Waals surface area contributed by atoms with Crippen molar-refractivity contribution in [2.45, 2.75) is 11.9 Å². The monoisotopic (exact) mass is 308 g/mol. The van der Waals surface area contributed by atoms with Gasteiger partial charge in [0.25, 0.3) is 5.79 Å². The summed E-state index contributed by atoms with van der Waals surface area (Å²) >= 11 is 0. The van der Waals surface area contributed by atoms with Crippen molar-refractivity contribution in [3.63, 3.8) is 0 Å². The lowest BCUT2D eigenvalue weighted by atomic mass is 9.89. The van der Waals surface area contributed by atoms with Crippen LogP contribution in [0.5, 0.6) is 11.5 Å². The van der Waals surface area contributed by atoms with Crippen LogP contribution in [-0.4, -0.2) is 50.5 Å². The number of allylic oxidation sites excluding steroid dienone is 2. The molecule has 2 unspecified atom stereocenters. The average molecular weight is 308 g/mol. The van der Waals surface area contributed by atoms with E-state index in [-0.39, 0.29) is 5.76 Å². The number of benzene rings is 1. The molecule has 0 aromatic heterocycles. The molecule has 0 radical (unpaired) electrons. The summed E-state index contributed by atoms with van der Waals surface area (Å²) in [6, 6.07) is 5.21. The van der Waals surface area contributed by atoms with E-state index < -0.39 is 11.9 Å². The summed E-state index contributed by atoms with van der Waals surface area (Å²) < 4.78 is 20.6. The molecular weight excluding hydrogens is 288 g/mol. The van der Waals surface area contributed by atoms with Crippen LogP contribution in [0.15, 0.2) is 36.1 Å². The van der Waals surface area contributed by atoms with Gasteiger partial charge in [-0.25, -0.2) is 0 Å². The van der Waals surface area contributed by atoms with Gasteiger partial charge in [0.1, 0.15) is 6.10 Å². The van der Waals surface area contributed by atoms with E-state index in [4.69, 9.17) is 18.9 Å². The van der Waals surface area contributed by atoms with Crippen LogP contribution in [-0.2, 0) is 9.47 Å². The maximum Gasteiger partial charge on any atom is 0.256 e. The van der Waals surface area contributed by atoms with E-state index in [1.807, 2.05) is 0 Å². The van der Waals surface area contributed by atoms with Crippen LogP contribution in [0.4, 0.5) is 0 Å². The van der Waals surface area contributed by atoms with Crippen molar-refractivity contribution in [1.29, 1.82) is 0 Å². The third-order valence-electron chi connectivity index (χ3n) is 3.68. The maximum absolute atomic E-state index is 10.5. The predicted octanol–water partition coefficient (Wildman–Crippen LogP) is 1.33. The van der Waals surface area contributed by atoms with Crippen LogP contribution in [0.2, 0.25) is 0 Å². The fourth-order valence-electron chi connectivity index (χ4n) is 2.42. The molecule has 1 aliphatic rings. The number of aliphatic hydroxyl groups is 2. The third-order valence-corrected chi connectivity index (χ3v) is 3.68. The molecule has 0 spiro atoms. The first-order valence-corrected chi connectivity index (χ1v) is 6.66. The Kier molecular flexibility index (Phi) is 4.75. The molecular formula is C16H20O6. The Morgan fingerprint density at radius 2 is 1.64 bits per heavy atom. The molecule has 1 aromatic carbocycles. The molecule has 0 saturated carbocycles. The van der Waals surface area contributed by atoms with Crippen LogP contribution in [0, 0.1) is 0 Å². The van der Waals surface area contributed by atoms with Gasteiger partial charge >= 0.3 is 0 Å². The van der Waals surface area contributed by atoms with Gasteiger partial charge in [-0.15, -0.1) is 0 Å². The number of ether oxygens (including phenoxy) is 4. The molecule has 0 saturated heterocycles. The molecule has 0 aliphatic heterocycles. The van der Waals surface area contributed by atoms with E-state index in [2.05, 4.69) is 0 Å². The minimum atomic E-state index is -1.94. The third kappa shape index (κ3) is 2.56. The zero-order valence-electron chi connectivity index (χ0n) is 13.0. The lowest BCUT2D eigenvalue weighted by Crippen LogP contribution is -2.48. The highest BCUT2D eigenvalue weighted by Gasteiger charge is 2.45. The molecule has 120 valence electrons. The lowest BCUT2D eigenvalue weighted by Gasteiger charge is -2.36. The SMILES string of the molecule is COC1=CC=C(c2ccc(OC)c(OC)c2)C(O)C1(O)OC. The summed E-state index contributed by atoms with van der Waals surface area (Å²) in [4.78, 5) is 0.